The van der Waals surface area contributed by atoms with Gasteiger partial charge in [0.15, 0.2) is 12.2 Å². The molecule has 5 atom stereocenters. The second-order valence-electron chi connectivity index (χ2n) is 27.0. The first-order valence-electron chi connectivity index (χ1n) is 39.9. The maximum Gasteiger partial charge on any atom is 0.472 e. The molecule has 19 heteroatoms. The van der Waals surface area contributed by atoms with Crippen LogP contribution in [-0.4, -0.2) is 96.7 Å². The molecule has 0 saturated heterocycles. The minimum Gasteiger partial charge on any atom is -0.462 e. The van der Waals surface area contributed by atoms with Crippen molar-refractivity contribution in [1.29, 1.82) is 0 Å². The summed E-state index contributed by atoms with van der Waals surface area (Å²) >= 11 is 0. The summed E-state index contributed by atoms with van der Waals surface area (Å²) in [6, 6.07) is 0. The van der Waals surface area contributed by atoms with Gasteiger partial charge in [-0.25, -0.2) is 9.13 Å². The number of carbonyl (C=O) groups excluding carboxylic acids is 4. The molecule has 0 amide bonds. The van der Waals surface area contributed by atoms with E-state index < -0.39 is 97.5 Å². The van der Waals surface area contributed by atoms with Gasteiger partial charge < -0.3 is 33.8 Å². The Bertz CT molecular complexity index is 2050. The van der Waals surface area contributed by atoms with E-state index in [4.69, 9.17) is 37.0 Å². The van der Waals surface area contributed by atoms with Crippen LogP contribution in [0.3, 0.4) is 0 Å². The van der Waals surface area contributed by atoms with Gasteiger partial charge in [0.2, 0.25) is 0 Å². The van der Waals surface area contributed by atoms with E-state index in [1.54, 1.807) is 0 Å². The standard InChI is InChI=1S/C79H146O17P2/c1-5-9-13-17-21-25-29-33-35-36-38-42-44-48-52-56-60-64-77(82)90-70-75(96-79(84)66-62-58-54-50-46-40-32-28-24-20-16-12-8-4)72-94-98(87,88)92-68-73(80)67-91-97(85,86)93-71-74(95-78(83)65-61-57-53-49-45-39-31-27-23-19-15-11-7-3)69-89-76(81)63-59-55-51-47-43-41-37-34-30-26-22-18-14-10-6-2/h9,13,21,25,33-35,37,73-75,80H,5-8,10-12,14-20,22-24,26-32,36,38-72H2,1-4H3,(H,85,86)(H,87,88)/b13-9-,25-21-,35-33-,37-34-. The number of unbranched alkanes of at least 4 members (excludes halogenated alkanes) is 42. The smallest absolute Gasteiger partial charge is 0.462 e. The predicted octanol–water partition coefficient (Wildman–Crippen LogP) is 22.9. The molecule has 98 heavy (non-hydrogen) atoms. The Morgan fingerprint density at radius 3 is 0.827 bits per heavy atom. The van der Waals surface area contributed by atoms with E-state index in [1.807, 2.05) is 0 Å². The Morgan fingerprint density at radius 1 is 0.296 bits per heavy atom. The molecule has 0 aromatic heterocycles. The van der Waals surface area contributed by atoms with Crippen LogP contribution in [0, 0.1) is 0 Å². The molecule has 0 aliphatic heterocycles. The highest BCUT2D eigenvalue weighted by Crippen LogP contribution is 2.45. The molecule has 0 radical (unpaired) electrons. The van der Waals surface area contributed by atoms with Crippen LogP contribution in [0.5, 0.6) is 0 Å². The number of aliphatic hydroxyl groups is 1. The second-order valence-corrected chi connectivity index (χ2v) is 29.9. The molecule has 0 spiro atoms. The minimum atomic E-state index is -4.97. The average Bonchev–Trinajstić information content (AvgIpc) is 0.969. The fourth-order valence-corrected chi connectivity index (χ4v) is 12.8. The second kappa shape index (κ2) is 72.4. The van der Waals surface area contributed by atoms with Crippen molar-refractivity contribution in [3.63, 3.8) is 0 Å². The predicted molar refractivity (Wildman–Crippen MR) is 400 cm³/mol. The molecular formula is C79H146O17P2. The summed E-state index contributed by atoms with van der Waals surface area (Å²) in [6.07, 6.45) is 69.4. The number of esters is 4. The van der Waals surface area contributed by atoms with E-state index in [-0.39, 0.29) is 25.7 Å². The average molecular weight is 1430 g/mol. The minimum absolute atomic E-state index is 0.100. The summed E-state index contributed by atoms with van der Waals surface area (Å²) in [4.78, 5) is 72.9. The van der Waals surface area contributed by atoms with Crippen LogP contribution in [0.2, 0.25) is 0 Å². The van der Waals surface area contributed by atoms with Gasteiger partial charge in [0.1, 0.15) is 19.3 Å². The fraction of sp³-hybridized carbons (Fsp3) is 0.848. The number of aliphatic hydroxyl groups excluding tert-OH is 1. The third-order valence-corrected chi connectivity index (χ3v) is 19.2. The van der Waals surface area contributed by atoms with Crippen molar-refractivity contribution in [2.45, 2.75) is 393 Å². The third kappa shape index (κ3) is 71.4. The molecule has 574 valence electrons. The summed E-state index contributed by atoms with van der Waals surface area (Å²) in [5, 5.41) is 10.6. The van der Waals surface area contributed by atoms with Gasteiger partial charge in [-0.1, -0.05) is 314 Å². The topological polar surface area (TPSA) is 237 Å². The summed E-state index contributed by atoms with van der Waals surface area (Å²) < 4.78 is 68.6. The van der Waals surface area contributed by atoms with Gasteiger partial charge in [-0.3, -0.25) is 37.3 Å². The van der Waals surface area contributed by atoms with Crippen molar-refractivity contribution in [2.24, 2.45) is 0 Å². The van der Waals surface area contributed by atoms with Gasteiger partial charge in [0, 0.05) is 25.7 Å². The number of hydrogen-bond donors (Lipinski definition) is 3. The van der Waals surface area contributed by atoms with Gasteiger partial charge in [0.25, 0.3) is 0 Å². The van der Waals surface area contributed by atoms with Crippen molar-refractivity contribution in [1.82, 2.24) is 0 Å². The van der Waals surface area contributed by atoms with Gasteiger partial charge in [-0.2, -0.15) is 0 Å². The van der Waals surface area contributed by atoms with Gasteiger partial charge in [-0.05, 0) is 83.5 Å². The highest BCUT2D eigenvalue weighted by molar-refractivity contribution is 7.47. The first kappa shape index (κ1) is 95.0. The first-order valence-corrected chi connectivity index (χ1v) is 42.9. The van der Waals surface area contributed by atoms with Crippen LogP contribution in [0.15, 0.2) is 48.6 Å². The normalized spacial score (nSPS) is 14.2. The van der Waals surface area contributed by atoms with Crippen LogP contribution < -0.4 is 0 Å². The molecule has 0 heterocycles. The Balaban J connectivity index is 5.30. The molecule has 0 aliphatic carbocycles. The Kier molecular flexibility index (Phi) is 70.2. The Morgan fingerprint density at radius 2 is 0.531 bits per heavy atom. The Labute approximate surface area is 597 Å². The molecule has 0 bridgehead atoms. The fourth-order valence-electron chi connectivity index (χ4n) is 11.2. The number of carbonyl (C=O) groups is 4. The van der Waals surface area contributed by atoms with E-state index in [2.05, 4.69) is 76.3 Å². The Hall–Kier alpha value is -2.98. The quantitative estimate of drug-likeness (QED) is 0.0169. The van der Waals surface area contributed by atoms with E-state index in [1.165, 1.54) is 141 Å². The molecule has 0 aromatic rings. The number of phosphoric ester groups is 2. The van der Waals surface area contributed by atoms with Gasteiger partial charge in [-0.15, -0.1) is 0 Å². The zero-order valence-corrected chi connectivity index (χ0v) is 64.5. The lowest BCUT2D eigenvalue weighted by molar-refractivity contribution is -0.161. The molecule has 17 nitrogen and oxygen atoms in total. The zero-order chi connectivity index (χ0) is 71.8. The third-order valence-electron chi connectivity index (χ3n) is 17.3. The van der Waals surface area contributed by atoms with Gasteiger partial charge >= 0.3 is 39.5 Å². The number of phosphoric acid groups is 2. The van der Waals surface area contributed by atoms with Gasteiger partial charge in [0.05, 0.1) is 26.4 Å². The maximum absolute atomic E-state index is 13.1. The molecule has 0 aliphatic rings. The number of ether oxygens (including phenoxy) is 4. The van der Waals surface area contributed by atoms with Crippen LogP contribution in [0.4, 0.5) is 0 Å². The van der Waals surface area contributed by atoms with Crippen molar-refractivity contribution < 1.29 is 80.2 Å². The van der Waals surface area contributed by atoms with E-state index in [9.17, 15) is 43.2 Å². The van der Waals surface area contributed by atoms with E-state index in [0.717, 1.165) is 154 Å². The lowest BCUT2D eigenvalue weighted by Crippen LogP contribution is -2.30. The molecule has 0 rings (SSSR count). The first-order chi connectivity index (χ1) is 47.7. The molecule has 0 saturated carbocycles. The number of rotatable bonds is 76. The number of hydrogen-bond acceptors (Lipinski definition) is 15. The molecule has 0 aromatic carbocycles. The van der Waals surface area contributed by atoms with Crippen molar-refractivity contribution in [2.75, 3.05) is 39.6 Å². The van der Waals surface area contributed by atoms with Crippen LogP contribution >= 0.6 is 15.6 Å². The van der Waals surface area contributed by atoms with E-state index in [0.29, 0.717) is 25.7 Å². The van der Waals surface area contributed by atoms with Crippen LogP contribution in [-0.2, 0) is 65.4 Å². The SMILES string of the molecule is CC/C=C\C/C=C\C/C=C\CCCCCCCCCC(=O)OCC(COP(=O)(O)OCC(O)COP(=O)(O)OCC(COC(=O)CCCCCCC/C=C\CCCCCCCC)OC(=O)CCCCCCCCCCCCCCC)OC(=O)CCCCCCCCCCCCCCC. The van der Waals surface area contributed by atoms with Crippen LogP contribution in [0.25, 0.3) is 0 Å². The summed E-state index contributed by atoms with van der Waals surface area (Å²) in [6.45, 7) is 4.82. The monoisotopic (exact) mass is 1430 g/mol. The highest BCUT2D eigenvalue weighted by Gasteiger charge is 2.30. The maximum atomic E-state index is 13.1. The van der Waals surface area contributed by atoms with Crippen molar-refractivity contribution in [3.05, 3.63) is 48.6 Å². The van der Waals surface area contributed by atoms with Crippen LogP contribution in [0.1, 0.15) is 374 Å². The van der Waals surface area contributed by atoms with Crippen molar-refractivity contribution in [3.8, 4) is 0 Å². The largest absolute Gasteiger partial charge is 0.472 e. The summed E-state index contributed by atoms with van der Waals surface area (Å²) in [7, 11) is -9.93. The van der Waals surface area contributed by atoms with E-state index >= 15 is 0 Å². The number of allylic oxidation sites excluding steroid dienone is 8. The lowest BCUT2D eigenvalue weighted by atomic mass is 10.0. The van der Waals surface area contributed by atoms with Crippen molar-refractivity contribution >= 4 is 39.5 Å². The highest BCUT2D eigenvalue weighted by atomic mass is 31.2. The molecule has 5 unspecified atom stereocenters. The molecular weight excluding hydrogens is 1280 g/mol. The molecule has 0 fully saturated rings. The summed E-state index contributed by atoms with van der Waals surface area (Å²) in [5.41, 5.74) is 0. The molecule has 3 N–H and O–H groups in total. The lowest BCUT2D eigenvalue weighted by Gasteiger charge is -2.21. The zero-order valence-electron chi connectivity index (χ0n) is 62.7. The summed E-state index contributed by atoms with van der Waals surface area (Å²) in [5.74, 6) is -2.15.